The van der Waals surface area contributed by atoms with E-state index in [2.05, 4.69) is 28.4 Å². The number of hydrogen-bond acceptors (Lipinski definition) is 4. The number of piperazine rings is 1. The third kappa shape index (κ3) is 4.19. The average molecular weight is 405 g/mol. The van der Waals surface area contributed by atoms with Crippen LogP contribution in [0.3, 0.4) is 0 Å². The summed E-state index contributed by atoms with van der Waals surface area (Å²) in [5, 5.41) is 2.93. The van der Waals surface area contributed by atoms with Crippen molar-refractivity contribution in [1.82, 2.24) is 9.80 Å². The molecule has 0 bridgehead atoms. The number of fused-ring (bicyclic) bond motifs is 1. The van der Waals surface area contributed by atoms with Crippen LogP contribution in [0.2, 0.25) is 0 Å². The van der Waals surface area contributed by atoms with Gasteiger partial charge in [0.25, 0.3) is 5.91 Å². The summed E-state index contributed by atoms with van der Waals surface area (Å²) in [5.41, 5.74) is 3.95. The third-order valence-corrected chi connectivity index (χ3v) is 6.14. The minimum absolute atomic E-state index is 0.0341. The van der Waals surface area contributed by atoms with Crippen LogP contribution in [-0.4, -0.2) is 54.4 Å². The molecular formula is C24H27N3O3. The summed E-state index contributed by atoms with van der Waals surface area (Å²) in [7, 11) is 0. The molecule has 0 unspecified atom stereocenters. The third-order valence-electron chi connectivity index (χ3n) is 6.14. The van der Waals surface area contributed by atoms with E-state index in [1.807, 2.05) is 23.1 Å². The van der Waals surface area contributed by atoms with Crippen molar-refractivity contribution in [1.29, 1.82) is 0 Å². The smallest absolute Gasteiger partial charge is 0.254 e. The molecule has 3 aliphatic rings. The summed E-state index contributed by atoms with van der Waals surface area (Å²) in [6, 6.07) is 13.8. The highest BCUT2D eigenvalue weighted by Gasteiger charge is 2.30. The standard InChI is InChI=1S/C24H27N3O3/c28-23(18-5-6-18)25-21-3-1-2-20(15-21)24(29)27-11-9-26(10-12-27)16-17-4-7-22-19(14-17)8-13-30-22/h1-4,7,14-15,18H,5-6,8-13,16H2,(H,25,28). The minimum Gasteiger partial charge on any atom is -0.493 e. The van der Waals surface area contributed by atoms with Gasteiger partial charge in [0.15, 0.2) is 0 Å². The van der Waals surface area contributed by atoms with Crippen molar-refractivity contribution in [3.8, 4) is 5.75 Å². The highest BCUT2D eigenvalue weighted by atomic mass is 16.5. The van der Waals surface area contributed by atoms with Gasteiger partial charge in [-0.1, -0.05) is 18.2 Å². The lowest BCUT2D eigenvalue weighted by Crippen LogP contribution is -2.48. The van der Waals surface area contributed by atoms with Crippen molar-refractivity contribution >= 4 is 17.5 Å². The molecule has 30 heavy (non-hydrogen) atoms. The van der Waals surface area contributed by atoms with Crippen molar-refractivity contribution in [2.75, 3.05) is 38.1 Å². The molecule has 1 N–H and O–H groups in total. The molecule has 1 aliphatic carbocycles. The first kappa shape index (κ1) is 19.1. The van der Waals surface area contributed by atoms with Crippen LogP contribution < -0.4 is 10.1 Å². The Balaban J connectivity index is 1.16. The van der Waals surface area contributed by atoms with E-state index in [-0.39, 0.29) is 17.7 Å². The Bertz CT molecular complexity index is 962. The van der Waals surface area contributed by atoms with Gasteiger partial charge in [0.05, 0.1) is 6.61 Å². The zero-order valence-corrected chi connectivity index (χ0v) is 17.1. The van der Waals surface area contributed by atoms with Gasteiger partial charge in [-0.3, -0.25) is 14.5 Å². The monoisotopic (exact) mass is 405 g/mol. The molecule has 6 heteroatoms. The molecule has 5 rings (SSSR count). The number of carbonyl (C=O) groups is 2. The first-order chi connectivity index (χ1) is 14.7. The largest absolute Gasteiger partial charge is 0.493 e. The number of benzene rings is 2. The Kier molecular flexibility index (Phi) is 5.17. The zero-order chi connectivity index (χ0) is 20.5. The minimum atomic E-state index is 0.0341. The fraction of sp³-hybridized carbons (Fsp3) is 0.417. The first-order valence-electron chi connectivity index (χ1n) is 10.8. The first-order valence-corrected chi connectivity index (χ1v) is 10.8. The number of ether oxygens (including phenoxy) is 1. The second-order valence-corrected chi connectivity index (χ2v) is 8.45. The van der Waals surface area contributed by atoms with Crippen molar-refractivity contribution in [2.45, 2.75) is 25.8 Å². The maximum Gasteiger partial charge on any atom is 0.254 e. The predicted molar refractivity (Wildman–Crippen MR) is 115 cm³/mol. The number of hydrogen-bond donors (Lipinski definition) is 1. The second kappa shape index (κ2) is 8.11. The summed E-state index contributed by atoms with van der Waals surface area (Å²) < 4.78 is 5.59. The molecule has 0 atom stereocenters. The Morgan fingerprint density at radius 1 is 1.03 bits per heavy atom. The Hall–Kier alpha value is -2.86. The molecule has 1 saturated heterocycles. The van der Waals surface area contributed by atoms with Crippen molar-refractivity contribution < 1.29 is 14.3 Å². The summed E-state index contributed by atoms with van der Waals surface area (Å²) in [5.74, 6) is 1.26. The Morgan fingerprint density at radius 3 is 2.67 bits per heavy atom. The summed E-state index contributed by atoms with van der Waals surface area (Å²) >= 11 is 0. The second-order valence-electron chi connectivity index (χ2n) is 8.45. The van der Waals surface area contributed by atoms with Gasteiger partial charge in [-0.05, 0) is 48.2 Å². The van der Waals surface area contributed by atoms with Crippen LogP contribution >= 0.6 is 0 Å². The van der Waals surface area contributed by atoms with Gasteiger partial charge in [-0.2, -0.15) is 0 Å². The molecule has 6 nitrogen and oxygen atoms in total. The maximum absolute atomic E-state index is 13.0. The molecule has 2 fully saturated rings. The van der Waals surface area contributed by atoms with Crippen LogP contribution in [0, 0.1) is 5.92 Å². The van der Waals surface area contributed by atoms with E-state index in [0.29, 0.717) is 24.3 Å². The quantitative estimate of drug-likeness (QED) is 0.831. The van der Waals surface area contributed by atoms with Crippen LogP contribution in [0.1, 0.15) is 34.3 Å². The van der Waals surface area contributed by atoms with Crippen LogP contribution in [0.4, 0.5) is 5.69 Å². The summed E-state index contributed by atoms with van der Waals surface area (Å²) in [6.07, 6.45) is 2.92. The lowest BCUT2D eigenvalue weighted by molar-refractivity contribution is -0.117. The predicted octanol–water partition coefficient (Wildman–Crippen LogP) is 2.93. The summed E-state index contributed by atoms with van der Waals surface area (Å²) in [4.78, 5) is 29.3. The van der Waals surface area contributed by atoms with Gasteiger partial charge in [-0.15, -0.1) is 0 Å². The van der Waals surface area contributed by atoms with Gasteiger partial charge in [0, 0.05) is 56.3 Å². The number of rotatable bonds is 5. The summed E-state index contributed by atoms with van der Waals surface area (Å²) in [6.45, 7) is 4.83. The van der Waals surface area contributed by atoms with E-state index >= 15 is 0 Å². The van der Waals surface area contributed by atoms with E-state index in [1.165, 1.54) is 11.1 Å². The molecule has 2 aromatic carbocycles. The van der Waals surface area contributed by atoms with Gasteiger partial charge in [0.1, 0.15) is 5.75 Å². The molecule has 2 aromatic rings. The number of nitrogens with zero attached hydrogens (tertiary/aromatic N) is 2. The molecular weight excluding hydrogens is 378 g/mol. The number of anilines is 1. The van der Waals surface area contributed by atoms with Gasteiger partial charge < -0.3 is 15.0 Å². The van der Waals surface area contributed by atoms with E-state index in [0.717, 1.165) is 51.3 Å². The molecule has 0 aromatic heterocycles. The number of nitrogens with one attached hydrogen (secondary N) is 1. The van der Waals surface area contributed by atoms with E-state index in [9.17, 15) is 9.59 Å². The maximum atomic E-state index is 13.0. The van der Waals surface area contributed by atoms with Crippen LogP contribution in [0.15, 0.2) is 42.5 Å². The molecule has 156 valence electrons. The average Bonchev–Trinajstić information content (AvgIpc) is 3.52. The van der Waals surface area contributed by atoms with Gasteiger partial charge in [0.2, 0.25) is 5.91 Å². The molecule has 1 saturated carbocycles. The topological polar surface area (TPSA) is 61.9 Å². The number of amides is 2. The highest BCUT2D eigenvalue weighted by Crippen LogP contribution is 2.30. The lowest BCUT2D eigenvalue weighted by atomic mass is 10.1. The van der Waals surface area contributed by atoms with Crippen LogP contribution in [0.5, 0.6) is 5.75 Å². The van der Waals surface area contributed by atoms with Crippen molar-refractivity contribution in [3.63, 3.8) is 0 Å². The van der Waals surface area contributed by atoms with Crippen LogP contribution in [-0.2, 0) is 17.8 Å². The van der Waals surface area contributed by atoms with Gasteiger partial charge in [-0.25, -0.2) is 0 Å². The Morgan fingerprint density at radius 2 is 1.87 bits per heavy atom. The molecule has 2 amide bonds. The molecule has 0 spiro atoms. The molecule has 0 radical (unpaired) electrons. The number of carbonyl (C=O) groups excluding carboxylic acids is 2. The normalized spacial score (nSPS) is 18.6. The van der Waals surface area contributed by atoms with E-state index in [1.54, 1.807) is 6.07 Å². The van der Waals surface area contributed by atoms with Crippen molar-refractivity contribution in [2.24, 2.45) is 5.92 Å². The van der Waals surface area contributed by atoms with Crippen LogP contribution in [0.25, 0.3) is 0 Å². The highest BCUT2D eigenvalue weighted by molar-refractivity contribution is 5.98. The zero-order valence-electron chi connectivity index (χ0n) is 17.1. The fourth-order valence-corrected chi connectivity index (χ4v) is 4.21. The Labute approximate surface area is 176 Å². The SMILES string of the molecule is O=C(Nc1cccc(C(=O)N2CCN(Cc3ccc4c(c3)CCO4)CC2)c1)C1CC1. The van der Waals surface area contributed by atoms with E-state index in [4.69, 9.17) is 4.74 Å². The molecule has 2 aliphatic heterocycles. The lowest BCUT2D eigenvalue weighted by Gasteiger charge is -2.35. The van der Waals surface area contributed by atoms with Crippen molar-refractivity contribution in [3.05, 3.63) is 59.2 Å². The van der Waals surface area contributed by atoms with Gasteiger partial charge >= 0.3 is 0 Å². The fourth-order valence-electron chi connectivity index (χ4n) is 4.21. The van der Waals surface area contributed by atoms with E-state index < -0.39 is 0 Å². The molecule has 2 heterocycles.